The highest BCUT2D eigenvalue weighted by Crippen LogP contribution is 2.18. The van der Waals surface area contributed by atoms with Gasteiger partial charge in [0.1, 0.15) is 6.61 Å². The number of ether oxygens (including phenoxy) is 1. The van der Waals surface area contributed by atoms with Crippen LogP contribution in [0.1, 0.15) is 29.2 Å². The third-order valence-electron chi connectivity index (χ3n) is 3.59. The molecule has 2 rings (SSSR count). The number of hydrogen-bond donors (Lipinski definition) is 1. The number of alkyl carbamates (subject to hydrolysis) is 1. The second-order valence-corrected chi connectivity index (χ2v) is 6.00. The number of methoxy groups -OCH3 is 1. The van der Waals surface area contributed by atoms with Gasteiger partial charge in [-0.1, -0.05) is 52.7 Å². The summed E-state index contributed by atoms with van der Waals surface area (Å²) in [5.74, 6) is 0. The van der Waals surface area contributed by atoms with E-state index in [2.05, 4.69) is 21.3 Å². The molecule has 132 valence electrons. The Balaban J connectivity index is 2.02. The summed E-state index contributed by atoms with van der Waals surface area (Å²) >= 11 is 6.16. The topological polar surface area (TPSA) is 59.9 Å². The number of oxime groups is 1. The smallest absolute Gasteiger partial charge is 0.407 e. The average Bonchev–Trinajstić information content (AvgIpc) is 2.60. The zero-order valence-electron chi connectivity index (χ0n) is 14.5. The molecule has 2 aromatic rings. The number of nitrogens with one attached hydrogen (secondary N) is 1. The van der Waals surface area contributed by atoms with Gasteiger partial charge in [-0.05, 0) is 42.7 Å². The summed E-state index contributed by atoms with van der Waals surface area (Å²) in [4.78, 5) is 16.6. The molecule has 0 aliphatic heterocycles. The van der Waals surface area contributed by atoms with Crippen molar-refractivity contribution in [3.05, 3.63) is 69.7 Å². The van der Waals surface area contributed by atoms with Crippen LogP contribution >= 0.6 is 11.6 Å². The molecule has 0 aliphatic carbocycles. The molecule has 0 heterocycles. The van der Waals surface area contributed by atoms with Gasteiger partial charge in [0.25, 0.3) is 0 Å². The van der Waals surface area contributed by atoms with Crippen LogP contribution in [0.15, 0.2) is 47.6 Å². The average molecular weight is 361 g/mol. The molecule has 2 aromatic carbocycles. The number of benzene rings is 2. The summed E-state index contributed by atoms with van der Waals surface area (Å²) in [7, 11) is 1.32. The molecule has 0 bridgehead atoms. The van der Waals surface area contributed by atoms with E-state index in [4.69, 9.17) is 16.4 Å². The van der Waals surface area contributed by atoms with Crippen LogP contribution in [0.4, 0.5) is 4.79 Å². The van der Waals surface area contributed by atoms with Crippen molar-refractivity contribution in [1.29, 1.82) is 0 Å². The summed E-state index contributed by atoms with van der Waals surface area (Å²) in [6.07, 6.45) is -0.506. The number of amides is 1. The lowest BCUT2D eigenvalue weighted by Crippen LogP contribution is -2.22. The predicted octanol–water partition coefficient (Wildman–Crippen LogP) is 4.45. The summed E-state index contributed by atoms with van der Waals surface area (Å²) in [5.41, 5.74) is 4.62. The van der Waals surface area contributed by atoms with Crippen molar-refractivity contribution in [1.82, 2.24) is 5.32 Å². The van der Waals surface area contributed by atoms with Gasteiger partial charge in [-0.25, -0.2) is 4.79 Å². The van der Waals surface area contributed by atoms with Gasteiger partial charge in [-0.3, -0.25) is 0 Å². The van der Waals surface area contributed by atoms with Gasteiger partial charge in [-0.15, -0.1) is 0 Å². The second kappa shape index (κ2) is 9.08. The summed E-state index contributed by atoms with van der Waals surface area (Å²) in [6.45, 7) is 4.58. The number of hydrogen-bond acceptors (Lipinski definition) is 4. The lowest BCUT2D eigenvalue weighted by Gasteiger charge is -2.09. The van der Waals surface area contributed by atoms with Gasteiger partial charge >= 0.3 is 6.09 Å². The van der Waals surface area contributed by atoms with Gasteiger partial charge < -0.3 is 14.9 Å². The van der Waals surface area contributed by atoms with Crippen LogP contribution in [0, 0.1) is 6.92 Å². The molecule has 0 aliphatic rings. The van der Waals surface area contributed by atoms with Gasteiger partial charge in [-0.2, -0.15) is 0 Å². The normalized spacial score (nSPS) is 11.1. The Kier molecular flexibility index (Phi) is 6.83. The fourth-order valence-electron chi connectivity index (χ4n) is 2.23. The van der Waals surface area contributed by atoms with Crippen LogP contribution in [0.2, 0.25) is 5.02 Å². The van der Waals surface area contributed by atoms with E-state index in [1.807, 2.05) is 44.2 Å². The van der Waals surface area contributed by atoms with E-state index in [9.17, 15) is 4.79 Å². The number of aryl methyl sites for hydroxylation is 1. The molecule has 0 spiro atoms. The lowest BCUT2D eigenvalue weighted by molar-refractivity contribution is 0.130. The Labute approximate surface area is 152 Å². The third-order valence-corrected chi connectivity index (χ3v) is 3.96. The quantitative estimate of drug-likeness (QED) is 0.611. The number of nitrogens with zero attached hydrogens (tertiary/aromatic N) is 1. The molecule has 0 saturated carbocycles. The van der Waals surface area contributed by atoms with Crippen LogP contribution in [0.3, 0.4) is 0 Å². The van der Waals surface area contributed by atoms with Crippen molar-refractivity contribution in [2.45, 2.75) is 27.0 Å². The molecule has 1 N–H and O–H groups in total. The van der Waals surface area contributed by atoms with Crippen LogP contribution in [0.25, 0.3) is 0 Å². The largest absolute Gasteiger partial charge is 0.453 e. The van der Waals surface area contributed by atoms with E-state index in [-0.39, 0.29) is 6.54 Å². The van der Waals surface area contributed by atoms with Gasteiger partial charge in [0.15, 0.2) is 0 Å². The Hall–Kier alpha value is -2.53. The van der Waals surface area contributed by atoms with E-state index < -0.39 is 6.09 Å². The molecular formula is C19H21ClN2O3. The number of carbonyl (C=O) groups is 1. The highest BCUT2D eigenvalue weighted by molar-refractivity contribution is 6.31. The SMILES string of the molecule is COC(=O)NCc1cc(C(C)=NOCc2cccc(C)c2)ccc1Cl. The number of halogens is 1. The van der Waals surface area contributed by atoms with Crippen molar-refractivity contribution < 1.29 is 14.4 Å². The standard InChI is InChI=1S/C19H21ClN2O3/c1-13-5-4-6-15(9-13)12-25-22-14(2)16-7-8-18(20)17(10-16)11-21-19(23)24-3/h4-10H,11-12H2,1-3H3,(H,21,23). The van der Waals surface area contributed by atoms with E-state index in [0.29, 0.717) is 11.6 Å². The molecule has 1 amide bonds. The second-order valence-electron chi connectivity index (χ2n) is 5.59. The predicted molar refractivity (Wildman–Crippen MR) is 98.9 cm³/mol. The summed E-state index contributed by atoms with van der Waals surface area (Å²) in [5, 5.41) is 7.34. The minimum atomic E-state index is -0.506. The number of carbonyl (C=O) groups excluding carboxylic acids is 1. The zero-order chi connectivity index (χ0) is 18.2. The first-order valence-electron chi connectivity index (χ1n) is 7.82. The monoisotopic (exact) mass is 360 g/mol. The summed E-state index contributed by atoms with van der Waals surface area (Å²) in [6, 6.07) is 13.6. The molecule has 0 radical (unpaired) electrons. The van der Waals surface area contributed by atoms with Crippen LogP contribution in [-0.2, 0) is 22.7 Å². The maximum absolute atomic E-state index is 11.2. The molecule has 0 fully saturated rings. The molecule has 0 aromatic heterocycles. The molecule has 25 heavy (non-hydrogen) atoms. The van der Waals surface area contributed by atoms with Crippen molar-refractivity contribution in [3.63, 3.8) is 0 Å². The Morgan fingerprint density at radius 3 is 2.76 bits per heavy atom. The van der Waals surface area contributed by atoms with E-state index in [1.54, 1.807) is 6.07 Å². The minimum Gasteiger partial charge on any atom is -0.453 e. The maximum atomic E-state index is 11.2. The Bertz CT molecular complexity index is 775. The molecule has 5 nitrogen and oxygen atoms in total. The third kappa shape index (κ3) is 5.80. The molecule has 0 unspecified atom stereocenters. The molecular weight excluding hydrogens is 340 g/mol. The molecule has 0 atom stereocenters. The number of rotatable bonds is 6. The van der Waals surface area contributed by atoms with Crippen LogP contribution in [0.5, 0.6) is 0 Å². The van der Waals surface area contributed by atoms with E-state index in [0.717, 1.165) is 22.4 Å². The van der Waals surface area contributed by atoms with E-state index in [1.165, 1.54) is 12.7 Å². The molecule has 6 heteroatoms. The molecule has 0 saturated heterocycles. The fourth-order valence-corrected chi connectivity index (χ4v) is 2.42. The first kappa shape index (κ1) is 18.8. The lowest BCUT2D eigenvalue weighted by atomic mass is 10.1. The van der Waals surface area contributed by atoms with Gasteiger partial charge in [0.2, 0.25) is 0 Å². The first-order valence-corrected chi connectivity index (χ1v) is 8.20. The Morgan fingerprint density at radius 1 is 1.24 bits per heavy atom. The zero-order valence-corrected chi connectivity index (χ0v) is 15.3. The fraction of sp³-hybridized carbons (Fsp3) is 0.263. The minimum absolute atomic E-state index is 0.275. The van der Waals surface area contributed by atoms with Crippen molar-refractivity contribution in [2.75, 3.05) is 7.11 Å². The summed E-state index contributed by atoms with van der Waals surface area (Å²) < 4.78 is 4.56. The van der Waals surface area contributed by atoms with Gasteiger partial charge in [0, 0.05) is 11.6 Å². The van der Waals surface area contributed by atoms with Crippen LogP contribution < -0.4 is 5.32 Å². The van der Waals surface area contributed by atoms with Gasteiger partial charge in [0.05, 0.1) is 12.8 Å². The highest BCUT2D eigenvalue weighted by atomic mass is 35.5. The van der Waals surface area contributed by atoms with Crippen molar-refractivity contribution in [2.24, 2.45) is 5.16 Å². The highest BCUT2D eigenvalue weighted by Gasteiger charge is 2.07. The van der Waals surface area contributed by atoms with Crippen LogP contribution in [-0.4, -0.2) is 18.9 Å². The van der Waals surface area contributed by atoms with Crippen molar-refractivity contribution in [3.8, 4) is 0 Å². The first-order chi connectivity index (χ1) is 12.0. The van der Waals surface area contributed by atoms with Crippen molar-refractivity contribution >= 4 is 23.4 Å². The Morgan fingerprint density at radius 2 is 2.04 bits per heavy atom. The maximum Gasteiger partial charge on any atom is 0.407 e. The van der Waals surface area contributed by atoms with E-state index >= 15 is 0 Å².